The largest absolute Gasteiger partial charge is 0.465 e. The van der Waals surface area contributed by atoms with Gasteiger partial charge in [-0.3, -0.25) is 0 Å². The molecule has 1 radical (unpaired) electrons. The molecule has 0 spiro atoms. The van der Waals surface area contributed by atoms with Gasteiger partial charge in [-0.15, -0.1) is 0 Å². The fraction of sp³-hybridized carbons (Fsp3) is 0.182. The fourth-order valence-electron chi connectivity index (χ4n) is 1.15. The van der Waals surface area contributed by atoms with E-state index in [1.165, 1.54) is 32.4 Å². The van der Waals surface area contributed by atoms with Gasteiger partial charge in [0.25, 0.3) is 0 Å². The molecule has 0 saturated heterocycles. The zero-order valence-corrected chi connectivity index (χ0v) is 8.57. The molecule has 4 nitrogen and oxygen atoms in total. The predicted molar refractivity (Wildman–Crippen MR) is 53.6 cm³/mol. The van der Waals surface area contributed by atoms with E-state index < -0.39 is 11.9 Å². The summed E-state index contributed by atoms with van der Waals surface area (Å²) in [5.74, 6) is -0.937. The van der Waals surface area contributed by atoms with Gasteiger partial charge in [-0.25, -0.2) is 9.59 Å². The lowest BCUT2D eigenvalue weighted by Crippen LogP contribution is -2.07. The van der Waals surface area contributed by atoms with Crippen LogP contribution in [0.3, 0.4) is 0 Å². The first kappa shape index (κ1) is 11.2. The van der Waals surface area contributed by atoms with Crippen LogP contribution < -0.4 is 0 Å². The molecule has 0 aliphatic heterocycles. The van der Waals surface area contributed by atoms with Crippen molar-refractivity contribution in [3.05, 3.63) is 41.8 Å². The van der Waals surface area contributed by atoms with E-state index in [0.29, 0.717) is 16.7 Å². The van der Waals surface area contributed by atoms with Crippen molar-refractivity contribution in [3.8, 4) is 0 Å². The molecule has 0 aliphatic rings. The highest BCUT2D eigenvalue weighted by Gasteiger charge is 2.12. The number of benzene rings is 1. The van der Waals surface area contributed by atoms with Gasteiger partial charge >= 0.3 is 11.9 Å². The highest BCUT2D eigenvalue weighted by molar-refractivity contribution is 5.95. The second kappa shape index (κ2) is 4.59. The van der Waals surface area contributed by atoms with E-state index >= 15 is 0 Å². The number of methoxy groups -OCH3 is 2. The van der Waals surface area contributed by atoms with Gasteiger partial charge in [0.05, 0.1) is 25.3 Å². The maximum atomic E-state index is 11.2. The van der Waals surface area contributed by atoms with Crippen LogP contribution in [0, 0.1) is 6.92 Å². The van der Waals surface area contributed by atoms with E-state index in [0.717, 1.165) is 0 Å². The van der Waals surface area contributed by atoms with Gasteiger partial charge in [-0.1, -0.05) is 0 Å². The first-order valence-electron chi connectivity index (χ1n) is 4.22. The highest BCUT2D eigenvalue weighted by Crippen LogP contribution is 2.12. The molecule has 0 aliphatic carbocycles. The van der Waals surface area contributed by atoms with E-state index in [1.54, 1.807) is 0 Å². The van der Waals surface area contributed by atoms with E-state index in [-0.39, 0.29) is 0 Å². The first-order chi connectivity index (χ1) is 7.10. The normalized spacial score (nSPS) is 9.53. The molecule has 0 saturated carbocycles. The van der Waals surface area contributed by atoms with Crippen molar-refractivity contribution >= 4 is 11.9 Å². The second-order valence-corrected chi connectivity index (χ2v) is 2.86. The fourth-order valence-corrected chi connectivity index (χ4v) is 1.15. The van der Waals surface area contributed by atoms with Gasteiger partial charge in [0.1, 0.15) is 0 Å². The minimum atomic E-state index is -0.476. The van der Waals surface area contributed by atoms with Crippen LogP contribution in [0.2, 0.25) is 0 Å². The first-order valence-corrected chi connectivity index (χ1v) is 4.22. The van der Waals surface area contributed by atoms with Crippen molar-refractivity contribution in [2.75, 3.05) is 14.2 Å². The topological polar surface area (TPSA) is 52.6 Å². The summed E-state index contributed by atoms with van der Waals surface area (Å²) >= 11 is 0. The summed E-state index contributed by atoms with van der Waals surface area (Å²) in [4.78, 5) is 22.4. The number of hydrogen-bond donors (Lipinski definition) is 0. The van der Waals surface area contributed by atoms with E-state index in [4.69, 9.17) is 0 Å². The Kier molecular flexibility index (Phi) is 3.44. The standard InChI is InChI=1S/C11H11O4/c1-7-6-8(10(12)14-2)4-5-9(7)11(13)15-3/h4-6H,1H2,2-3H3. The van der Waals surface area contributed by atoms with Gasteiger partial charge in [-0.2, -0.15) is 0 Å². The number of rotatable bonds is 2. The molecule has 1 rings (SSSR count). The molecule has 79 valence electrons. The third-order valence-electron chi connectivity index (χ3n) is 1.93. The summed E-state index contributed by atoms with van der Waals surface area (Å²) in [5, 5.41) is 0. The molecular weight excluding hydrogens is 196 g/mol. The van der Waals surface area contributed by atoms with Gasteiger partial charge in [0, 0.05) is 0 Å². The minimum absolute atomic E-state index is 0.338. The van der Waals surface area contributed by atoms with Crippen molar-refractivity contribution in [2.24, 2.45) is 0 Å². The molecule has 0 N–H and O–H groups in total. The van der Waals surface area contributed by atoms with Crippen molar-refractivity contribution in [3.63, 3.8) is 0 Å². The molecule has 0 bridgehead atoms. The Morgan fingerprint density at radius 1 is 1.13 bits per heavy atom. The Balaban J connectivity index is 3.08. The molecule has 15 heavy (non-hydrogen) atoms. The molecule has 0 heterocycles. The molecule has 4 heteroatoms. The maximum absolute atomic E-state index is 11.2. The zero-order valence-electron chi connectivity index (χ0n) is 8.57. The van der Waals surface area contributed by atoms with Crippen LogP contribution in [0.25, 0.3) is 0 Å². The molecule has 1 aromatic carbocycles. The smallest absolute Gasteiger partial charge is 0.338 e. The molecule has 0 unspecified atom stereocenters. The molecular formula is C11H11O4. The Bertz CT molecular complexity index is 396. The van der Waals surface area contributed by atoms with Gasteiger partial charge in [0.15, 0.2) is 0 Å². The van der Waals surface area contributed by atoms with Crippen molar-refractivity contribution in [1.29, 1.82) is 0 Å². The van der Waals surface area contributed by atoms with Crippen molar-refractivity contribution in [1.82, 2.24) is 0 Å². The van der Waals surface area contributed by atoms with Crippen LogP contribution in [0.4, 0.5) is 0 Å². The quantitative estimate of drug-likeness (QED) is 0.688. The van der Waals surface area contributed by atoms with Crippen LogP contribution in [0.1, 0.15) is 26.3 Å². The Morgan fingerprint density at radius 2 is 1.73 bits per heavy atom. The van der Waals surface area contributed by atoms with Crippen molar-refractivity contribution in [2.45, 2.75) is 0 Å². The monoisotopic (exact) mass is 207 g/mol. The summed E-state index contributed by atoms with van der Waals surface area (Å²) < 4.78 is 9.08. The number of hydrogen-bond acceptors (Lipinski definition) is 4. The van der Waals surface area contributed by atoms with Crippen LogP contribution in [0.15, 0.2) is 18.2 Å². The lowest BCUT2D eigenvalue weighted by molar-refractivity contribution is 0.0586. The highest BCUT2D eigenvalue weighted by atomic mass is 16.5. The summed E-state index contributed by atoms with van der Waals surface area (Å²) in [7, 11) is 2.58. The lowest BCUT2D eigenvalue weighted by Gasteiger charge is -2.05. The third-order valence-corrected chi connectivity index (χ3v) is 1.93. The molecule has 1 aromatic rings. The average Bonchev–Trinajstić information content (AvgIpc) is 2.26. The average molecular weight is 207 g/mol. The number of esters is 2. The van der Waals surface area contributed by atoms with Crippen LogP contribution in [-0.4, -0.2) is 26.2 Å². The van der Waals surface area contributed by atoms with E-state index in [9.17, 15) is 9.59 Å². The van der Waals surface area contributed by atoms with Crippen LogP contribution >= 0.6 is 0 Å². The van der Waals surface area contributed by atoms with Gasteiger partial charge in [0.2, 0.25) is 0 Å². The third kappa shape index (κ3) is 2.34. The summed E-state index contributed by atoms with van der Waals surface area (Å²) in [6, 6.07) is 4.46. The lowest BCUT2D eigenvalue weighted by atomic mass is 10.1. The Morgan fingerprint density at radius 3 is 2.20 bits per heavy atom. The molecule has 0 atom stereocenters. The van der Waals surface area contributed by atoms with Crippen molar-refractivity contribution < 1.29 is 19.1 Å². The molecule has 0 fully saturated rings. The van der Waals surface area contributed by atoms with Crippen LogP contribution in [-0.2, 0) is 9.47 Å². The van der Waals surface area contributed by atoms with E-state index in [1.807, 2.05) is 0 Å². The zero-order chi connectivity index (χ0) is 11.4. The molecule has 0 aromatic heterocycles. The van der Waals surface area contributed by atoms with E-state index in [2.05, 4.69) is 16.4 Å². The predicted octanol–water partition coefficient (Wildman–Crippen LogP) is 1.44. The van der Waals surface area contributed by atoms with Gasteiger partial charge in [-0.05, 0) is 30.7 Å². The van der Waals surface area contributed by atoms with Gasteiger partial charge < -0.3 is 9.47 Å². The maximum Gasteiger partial charge on any atom is 0.338 e. The Labute approximate surface area is 87.8 Å². The number of carbonyl (C=O) groups excluding carboxylic acids is 2. The second-order valence-electron chi connectivity index (χ2n) is 2.86. The number of ether oxygens (including phenoxy) is 2. The minimum Gasteiger partial charge on any atom is -0.465 e. The summed E-state index contributed by atoms with van der Waals surface area (Å²) in [6.45, 7) is 3.66. The van der Waals surface area contributed by atoms with Crippen LogP contribution in [0.5, 0.6) is 0 Å². The SMILES string of the molecule is [CH2]c1cc(C(=O)OC)ccc1C(=O)OC. The number of carbonyl (C=O) groups is 2. The Hall–Kier alpha value is -1.84. The summed E-state index contributed by atoms with van der Waals surface area (Å²) in [5.41, 5.74) is 1.13. The molecule has 0 amide bonds. The summed E-state index contributed by atoms with van der Waals surface area (Å²) in [6.07, 6.45) is 0.